The van der Waals surface area contributed by atoms with Crippen LogP contribution in [0.1, 0.15) is 53.6 Å². The van der Waals surface area contributed by atoms with Gasteiger partial charge in [-0.25, -0.2) is 4.98 Å². The minimum atomic E-state index is -0.206. The molecular weight excluding hydrogens is 728 g/mol. The first-order valence-electron chi connectivity index (χ1n) is 14.9. The zero-order chi connectivity index (χ0) is 29.9. The number of phenolic OH excluding ortho intramolecular Hbond substituents is 1. The maximum absolute atomic E-state index is 10.6. The topological polar surface area (TPSA) is 63.9 Å². The van der Waals surface area contributed by atoms with Gasteiger partial charge < -0.3 is 14.6 Å². The average Bonchev–Trinajstić information content (AvgIpc) is 3.38. The van der Waals surface area contributed by atoms with Gasteiger partial charge >= 0.3 is 0 Å². The number of phenols is 1. The van der Waals surface area contributed by atoms with E-state index in [-0.39, 0.29) is 44.4 Å². The van der Waals surface area contributed by atoms with Crippen molar-refractivity contribution >= 4 is 16.8 Å². The molecule has 2 aliphatic rings. The van der Waals surface area contributed by atoms with Crippen LogP contribution in [0.2, 0.25) is 0 Å². The first-order chi connectivity index (χ1) is 20.7. The minimum absolute atomic E-state index is 0. The molecule has 0 fully saturated rings. The van der Waals surface area contributed by atoms with Gasteiger partial charge in [0.1, 0.15) is 23.3 Å². The van der Waals surface area contributed by atoms with E-state index < -0.39 is 0 Å². The van der Waals surface area contributed by atoms with E-state index in [9.17, 15) is 5.11 Å². The van der Waals surface area contributed by atoms with Gasteiger partial charge in [-0.3, -0.25) is 4.99 Å². The van der Waals surface area contributed by atoms with Crippen molar-refractivity contribution in [2.75, 3.05) is 0 Å². The van der Waals surface area contributed by atoms with Crippen molar-refractivity contribution in [1.82, 2.24) is 4.98 Å². The van der Waals surface area contributed by atoms with E-state index in [2.05, 4.69) is 87.3 Å². The molecule has 0 radical (unpaired) electrons. The predicted molar refractivity (Wildman–Crippen MR) is 171 cm³/mol. The average molecular weight is 763 g/mol. The monoisotopic (exact) mass is 762 g/mol. The number of rotatable bonds is 4. The van der Waals surface area contributed by atoms with E-state index in [0.717, 1.165) is 40.5 Å². The van der Waals surface area contributed by atoms with Gasteiger partial charge in [0.2, 0.25) is 5.88 Å². The van der Waals surface area contributed by atoms with Crippen molar-refractivity contribution in [2.24, 2.45) is 4.99 Å². The summed E-state index contributed by atoms with van der Waals surface area (Å²) in [5.41, 5.74) is 9.22. The molecule has 0 saturated heterocycles. The third-order valence-corrected chi connectivity index (χ3v) is 8.95. The van der Waals surface area contributed by atoms with Gasteiger partial charge in [-0.05, 0) is 85.2 Å². The molecule has 1 aliphatic carbocycles. The summed E-state index contributed by atoms with van der Waals surface area (Å²) in [6.45, 7) is 10.7. The number of aliphatic imine (C=N–C) groups is 1. The summed E-state index contributed by atoms with van der Waals surface area (Å²) >= 11 is 0. The number of aromatic nitrogens is 1. The summed E-state index contributed by atoms with van der Waals surface area (Å²) in [6, 6.07) is 30.1. The van der Waals surface area contributed by atoms with Crippen molar-refractivity contribution in [3.8, 4) is 28.5 Å². The molecule has 1 aromatic heterocycles. The summed E-state index contributed by atoms with van der Waals surface area (Å²) in [6.07, 6.45) is 1.82. The standard InChI is InChI=1S/C38H35N2O3.Pt/c1-22-17-26-14-16-33(40-35(26)32(41)18-22)42-29-20-27(34-23(2)9-8-10-24(34)3)19-28(21-29)37-39-31-15-13-25-11-6-7-12-30(25)38(4,5)36(31)43-37;/h6-12,14,16-20,31,36,41H,13,15H2,1-5H3;/q-1;/t31-,36-;/m0./s1. The number of aromatic hydroxyl groups is 1. The van der Waals surface area contributed by atoms with Crippen molar-refractivity contribution in [1.29, 1.82) is 0 Å². The second-order valence-electron chi connectivity index (χ2n) is 12.5. The Kier molecular flexibility index (Phi) is 7.88. The maximum Gasteiger partial charge on any atom is 0.217 e. The second-order valence-corrected chi connectivity index (χ2v) is 12.5. The number of aryl methyl sites for hydroxylation is 4. The van der Waals surface area contributed by atoms with E-state index in [0.29, 0.717) is 23.0 Å². The molecule has 0 bridgehead atoms. The van der Waals surface area contributed by atoms with Crippen LogP contribution in [0.25, 0.3) is 22.0 Å². The molecule has 2 atom stereocenters. The number of fused-ring (bicyclic) bond motifs is 3. The van der Waals surface area contributed by atoms with Gasteiger partial charge in [0.05, 0.1) is 6.04 Å². The van der Waals surface area contributed by atoms with Crippen LogP contribution in [0.4, 0.5) is 0 Å². The Morgan fingerprint density at radius 1 is 0.932 bits per heavy atom. The summed E-state index contributed by atoms with van der Waals surface area (Å²) < 4.78 is 13.1. The van der Waals surface area contributed by atoms with Crippen molar-refractivity contribution < 1.29 is 35.6 Å². The molecule has 0 amide bonds. The normalized spacial score (nSPS) is 18.3. The molecule has 1 aliphatic heterocycles. The first kappa shape index (κ1) is 30.1. The number of ether oxygens (including phenoxy) is 2. The van der Waals surface area contributed by atoms with Gasteiger partial charge in [0.25, 0.3) is 0 Å². The predicted octanol–water partition coefficient (Wildman–Crippen LogP) is 8.56. The van der Waals surface area contributed by atoms with Crippen molar-refractivity contribution in [3.05, 3.63) is 118 Å². The molecule has 5 nitrogen and oxygen atoms in total. The SMILES string of the molecule is Cc1cc(O)c2nc(Oc3[c-]c(C4=N[C@H]5CCc6ccccc6C(C)(C)[C@H]5O4)cc(-c4c(C)cccc4C)c3)ccc2c1.[Pt]. The third-order valence-electron chi connectivity index (χ3n) is 8.95. The van der Waals surface area contributed by atoms with E-state index in [1.54, 1.807) is 6.07 Å². The molecule has 7 rings (SSSR count). The molecule has 44 heavy (non-hydrogen) atoms. The third kappa shape index (κ3) is 5.32. The van der Waals surface area contributed by atoms with Crippen LogP contribution >= 0.6 is 0 Å². The molecule has 0 unspecified atom stereocenters. The fraction of sp³-hybridized carbons (Fsp3) is 0.263. The fourth-order valence-electron chi connectivity index (χ4n) is 6.89. The number of hydrogen-bond acceptors (Lipinski definition) is 5. The van der Waals surface area contributed by atoms with Gasteiger partial charge in [-0.2, -0.15) is 0 Å². The van der Waals surface area contributed by atoms with Crippen LogP contribution in [0.15, 0.2) is 83.9 Å². The number of nitrogens with zero attached hydrogens (tertiary/aromatic N) is 2. The second kappa shape index (κ2) is 11.5. The summed E-state index contributed by atoms with van der Waals surface area (Å²) in [4.78, 5) is 9.80. The molecule has 1 N–H and O–H groups in total. The molecule has 226 valence electrons. The summed E-state index contributed by atoms with van der Waals surface area (Å²) in [5.74, 6) is 1.62. The van der Waals surface area contributed by atoms with Crippen molar-refractivity contribution in [3.63, 3.8) is 0 Å². The minimum Gasteiger partial charge on any atom is -0.514 e. The Morgan fingerprint density at radius 3 is 2.50 bits per heavy atom. The van der Waals surface area contributed by atoms with Gasteiger partial charge in [0, 0.05) is 43.7 Å². The zero-order valence-corrected chi connectivity index (χ0v) is 27.8. The molecule has 0 spiro atoms. The molecule has 6 heteroatoms. The van der Waals surface area contributed by atoms with Crippen LogP contribution in [0, 0.1) is 26.8 Å². The Bertz CT molecular complexity index is 1910. The van der Waals surface area contributed by atoms with Gasteiger partial charge in [0.15, 0.2) is 0 Å². The molecule has 0 saturated carbocycles. The fourth-order valence-corrected chi connectivity index (χ4v) is 6.89. The van der Waals surface area contributed by atoms with E-state index >= 15 is 0 Å². The van der Waals surface area contributed by atoms with Crippen LogP contribution in [-0.4, -0.2) is 28.1 Å². The zero-order valence-electron chi connectivity index (χ0n) is 25.5. The van der Waals surface area contributed by atoms with Crippen LogP contribution in [-0.2, 0) is 37.6 Å². The molecule has 2 heterocycles. The molecule has 5 aromatic rings. The first-order valence-corrected chi connectivity index (χ1v) is 14.9. The maximum atomic E-state index is 10.6. The summed E-state index contributed by atoms with van der Waals surface area (Å²) in [5, 5.41) is 11.4. The van der Waals surface area contributed by atoms with Gasteiger partial charge in [-0.1, -0.05) is 79.6 Å². The number of hydrogen-bond donors (Lipinski definition) is 1. The Morgan fingerprint density at radius 2 is 1.70 bits per heavy atom. The van der Waals surface area contributed by atoms with E-state index in [4.69, 9.17) is 14.5 Å². The Hall–Kier alpha value is -3.95. The smallest absolute Gasteiger partial charge is 0.217 e. The number of benzene rings is 4. The summed E-state index contributed by atoms with van der Waals surface area (Å²) in [7, 11) is 0. The molecular formula is C38H35N2O3Pt-. The molecule has 4 aromatic carbocycles. The largest absolute Gasteiger partial charge is 0.514 e. The Labute approximate surface area is 273 Å². The number of pyridine rings is 1. The quantitative estimate of drug-likeness (QED) is 0.187. The van der Waals surface area contributed by atoms with Crippen molar-refractivity contribution in [2.45, 2.75) is 65.0 Å². The van der Waals surface area contributed by atoms with Crippen LogP contribution in [0.5, 0.6) is 17.4 Å². The van der Waals surface area contributed by atoms with Crippen LogP contribution < -0.4 is 4.74 Å². The van der Waals surface area contributed by atoms with Crippen LogP contribution in [0.3, 0.4) is 0 Å². The Balaban J connectivity index is 0.00000343. The van der Waals surface area contributed by atoms with E-state index in [1.807, 2.05) is 31.2 Å². The van der Waals surface area contributed by atoms with E-state index in [1.165, 1.54) is 22.3 Å². The van der Waals surface area contributed by atoms with Gasteiger partial charge in [-0.15, -0.1) is 6.07 Å².